The number of Topliss-reactive ketones (excluding diaryl/α,β-unsaturated/α-hetero) is 1. The molecule has 4 rings (SSSR count). The van der Waals surface area contributed by atoms with Crippen molar-refractivity contribution in [3.05, 3.63) is 63.4 Å². The molecule has 0 amide bonds. The Morgan fingerprint density at radius 3 is 2.73 bits per heavy atom. The minimum absolute atomic E-state index is 0.0781. The van der Waals surface area contributed by atoms with Crippen molar-refractivity contribution in [2.45, 2.75) is 12.1 Å². The number of benzene rings is 2. The molecule has 0 unspecified atom stereocenters. The van der Waals surface area contributed by atoms with Gasteiger partial charge in [0.25, 0.3) is 5.22 Å². The third-order valence-electron chi connectivity index (χ3n) is 3.93. The second-order valence-electron chi connectivity index (χ2n) is 5.62. The van der Waals surface area contributed by atoms with Crippen LogP contribution < -0.4 is 0 Å². The Kier molecular flexibility index (Phi) is 4.93. The molecule has 0 aliphatic heterocycles. The standard InChI is InChI=1S/C19H13BrN2O2S2/c1-11-12-6-3-5-9-16(12)26-17(11)15(23)10-25-19-22-21-18(24-19)13-7-2-4-8-14(13)20/h2-9H,10H2,1H3. The molecule has 0 saturated carbocycles. The Morgan fingerprint density at radius 1 is 1.15 bits per heavy atom. The van der Waals surface area contributed by atoms with E-state index in [1.165, 1.54) is 23.1 Å². The third kappa shape index (κ3) is 3.34. The number of halogens is 1. The highest BCUT2D eigenvalue weighted by Gasteiger charge is 2.17. The van der Waals surface area contributed by atoms with Gasteiger partial charge < -0.3 is 4.42 Å². The topological polar surface area (TPSA) is 56.0 Å². The summed E-state index contributed by atoms with van der Waals surface area (Å²) in [6, 6.07) is 15.7. The summed E-state index contributed by atoms with van der Waals surface area (Å²) in [4.78, 5) is 13.4. The first kappa shape index (κ1) is 17.5. The van der Waals surface area contributed by atoms with Crippen LogP contribution in [0.4, 0.5) is 0 Å². The van der Waals surface area contributed by atoms with Gasteiger partial charge in [0.1, 0.15) is 0 Å². The molecule has 0 N–H and O–H groups in total. The number of hydrogen-bond acceptors (Lipinski definition) is 6. The molecule has 4 aromatic rings. The van der Waals surface area contributed by atoms with E-state index in [2.05, 4.69) is 26.1 Å². The van der Waals surface area contributed by atoms with Crippen LogP contribution >= 0.6 is 39.0 Å². The number of aryl methyl sites for hydroxylation is 1. The summed E-state index contributed by atoms with van der Waals surface area (Å²) < 4.78 is 7.71. The Hall–Kier alpha value is -1.96. The van der Waals surface area contributed by atoms with Crippen molar-refractivity contribution in [3.8, 4) is 11.5 Å². The number of rotatable bonds is 5. The fourth-order valence-electron chi connectivity index (χ4n) is 2.64. The van der Waals surface area contributed by atoms with Crippen molar-refractivity contribution in [3.63, 3.8) is 0 Å². The summed E-state index contributed by atoms with van der Waals surface area (Å²) in [5, 5.41) is 9.65. The lowest BCUT2D eigenvalue weighted by Gasteiger charge is -1.98. The molecule has 0 saturated heterocycles. The maximum Gasteiger partial charge on any atom is 0.277 e. The van der Waals surface area contributed by atoms with Gasteiger partial charge in [-0.3, -0.25) is 4.79 Å². The molecule has 2 aromatic heterocycles. The SMILES string of the molecule is Cc1c(C(=O)CSc2nnc(-c3ccccc3Br)o2)sc2ccccc12. The Labute approximate surface area is 166 Å². The molecule has 0 radical (unpaired) electrons. The van der Waals surface area contributed by atoms with Crippen LogP contribution in [-0.4, -0.2) is 21.7 Å². The average Bonchev–Trinajstić information content (AvgIpc) is 3.25. The molecular formula is C19H13BrN2O2S2. The average molecular weight is 445 g/mol. The first-order chi connectivity index (χ1) is 12.6. The lowest BCUT2D eigenvalue weighted by atomic mass is 10.1. The summed E-state index contributed by atoms with van der Waals surface area (Å²) in [7, 11) is 0. The van der Waals surface area contributed by atoms with Gasteiger partial charge in [-0.05, 0) is 52.0 Å². The van der Waals surface area contributed by atoms with Gasteiger partial charge in [0, 0.05) is 9.17 Å². The molecule has 26 heavy (non-hydrogen) atoms. The van der Waals surface area contributed by atoms with Crippen LogP contribution in [-0.2, 0) is 0 Å². The van der Waals surface area contributed by atoms with E-state index < -0.39 is 0 Å². The molecule has 0 atom stereocenters. The van der Waals surface area contributed by atoms with Gasteiger partial charge in [0.2, 0.25) is 5.89 Å². The number of fused-ring (bicyclic) bond motifs is 1. The van der Waals surface area contributed by atoms with Gasteiger partial charge in [0.05, 0.1) is 16.2 Å². The maximum atomic E-state index is 12.6. The summed E-state index contributed by atoms with van der Waals surface area (Å²) in [6.45, 7) is 1.99. The number of thiophene rings is 1. The molecule has 2 aromatic carbocycles. The molecule has 2 heterocycles. The van der Waals surface area contributed by atoms with Gasteiger partial charge in [-0.1, -0.05) is 42.1 Å². The first-order valence-electron chi connectivity index (χ1n) is 7.86. The predicted octanol–water partition coefficient (Wildman–Crippen LogP) is 6.00. The summed E-state index contributed by atoms with van der Waals surface area (Å²) in [5.74, 6) is 0.783. The minimum Gasteiger partial charge on any atom is -0.411 e. The number of ketones is 1. The van der Waals surface area contributed by atoms with Crippen LogP contribution in [0.2, 0.25) is 0 Å². The van der Waals surface area contributed by atoms with Gasteiger partial charge in [-0.2, -0.15) is 0 Å². The van der Waals surface area contributed by atoms with E-state index in [0.717, 1.165) is 30.6 Å². The minimum atomic E-state index is 0.0781. The van der Waals surface area contributed by atoms with Crippen molar-refractivity contribution >= 4 is 54.9 Å². The fraction of sp³-hybridized carbons (Fsp3) is 0.105. The Balaban J connectivity index is 1.50. The highest BCUT2D eigenvalue weighted by atomic mass is 79.9. The smallest absolute Gasteiger partial charge is 0.277 e. The van der Waals surface area contributed by atoms with Gasteiger partial charge in [-0.15, -0.1) is 21.5 Å². The quantitative estimate of drug-likeness (QED) is 0.279. The monoisotopic (exact) mass is 444 g/mol. The van der Waals surface area contributed by atoms with Crippen molar-refractivity contribution < 1.29 is 9.21 Å². The van der Waals surface area contributed by atoms with Crippen molar-refractivity contribution in [2.75, 3.05) is 5.75 Å². The zero-order valence-electron chi connectivity index (χ0n) is 13.7. The number of nitrogens with zero attached hydrogens (tertiary/aromatic N) is 2. The largest absolute Gasteiger partial charge is 0.411 e. The fourth-order valence-corrected chi connectivity index (χ4v) is 4.97. The maximum absolute atomic E-state index is 12.6. The molecular weight excluding hydrogens is 432 g/mol. The van der Waals surface area contributed by atoms with E-state index in [-0.39, 0.29) is 11.5 Å². The predicted molar refractivity (Wildman–Crippen MR) is 109 cm³/mol. The van der Waals surface area contributed by atoms with E-state index in [1.54, 1.807) is 0 Å². The first-order valence-corrected chi connectivity index (χ1v) is 10.5. The van der Waals surface area contributed by atoms with E-state index in [9.17, 15) is 4.79 Å². The van der Waals surface area contributed by atoms with Crippen LogP contribution in [0.25, 0.3) is 21.5 Å². The van der Waals surface area contributed by atoms with Crippen molar-refractivity contribution in [1.29, 1.82) is 0 Å². The number of aromatic nitrogens is 2. The number of hydrogen-bond donors (Lipinski definition) is 0. The number of thioether (sulfide) groups is 1. The van der Waals surface area contributed by atoms with Crippen LogP contribution in [0.3, 0.4) is 0 Å². The van der Waals surface area contributed by atoms with Crippen LogP contribution in [0.5, 0.6) is 0 Å². The molecule has 0 aliphatic rings. The van der Waals surface area contributed by atoms with Crippen molar-refractivity contribution in [2.24, 2.45) is 0 Å². The van der Waals surface area contributed by atoms with E-state index in [4.69, 9.17) is 4.42 Å². The molecule has 4 nitrogen and oxygen atoms in total. The van der Waals surface area contributed by atoms with Gasteiger partial charge in [-0.25, -0.2) is 0 Å². The second kappa shape index (κ2) is 7.34. The molecule has 0 spiro atoms. The molecule has 130 valence electrons. The van der Waals surface area contributed by atoms with E-state index in [1.807, 2.05) is 55.5 Å². The van der Waals surface area contributed by atoms with E-state index >= 15 is 0 Å². The second-order valence-corrected chi connectivity index (χ2v) is 8.45. The normalized spacial score (nSPS) is 11.2. The zero-order chi connectivity index (χ0) is 18.1. The van der Waals surface area contributed by atoms with E-state index in [0.29, 0.717) is 11.1 Å². The summed E-state index contributed by atoms with van der Waals surface area (Å²) in [6.07, 6.45) is 0. The highest BCUT2D eigenvalue weighted by molar-refractivity contribution is 9.10. The van der Waals surface area contributed by atoms with Crippen LogP contribution in [0.1, 0.15) is 15.2 Å². The van der Waals surface area contributed by atoms with Crippen LogP contribution in [0.15, 0.2) is 62.6 Å². The van der Waals surface area contributed by atoms with Crippen LogP contribution in [0, 0.1) is 6.92 Å². The lowest BCUT2D eigenvalue weighted by molar-refractivity contribution is 0.102. The summed E-state index contributed by atoms with van der Waals surface area (Å²) in [5.41, 5.74) is 1.87. The zero-order valence-corrected chi connectivity index (χ0v) is 17.0. The number of carbonyl (C=O) groups is 1. The lowest BCUT2D eigenvalue weighted by Crippen LogP contribution is -2.01. The molecule has 0 bridgehead atoms. The summed E-state index contributed by atoms with van der Waals surface area (Å²) >= 11 is 6.27. The third-order valence-corrected chi connectivity index (χ3v) is 6.76. The molecule has 0 fully saturated rings. The van der Waals surface area contributed by atoms with Gasteiger partial charge in [0.15, 0.2) is 5.78 Å². The Morgan fingerprint density at radius 2 is 1.92 bits per heavy atom. The Bertz CT molecular complexity index is 1100. The number of carbonyl (C=O) groups excluding carboxylic acids is 1. The van der Waals surface area contributed by atoms with Crippen molar-refractivity contribution in [1.82, 2.24) is 10.2 Å². The van der Waals surface area contributed by atoms with Gasteiger partial charge >= 0.3 is 0 Å². The molecule has 7 heteroatoms. The highest BCUT2D eigenvalue weighted by Crippen LogP contribution is 2.33. The molecule has 0 aliphatic carbocycles.